The van der Waals surface area contributed by atoms with Gasteiger partial charge in [-0.3, -0.25) is 14.4 Å². The molecule has 0 radical (unpaired) electrons. The average molecular weight is 330 g/mol. The lowest BCUT2D eigenvalue weighted by atomic mass is 10.1. The van der Waals surface area contributed by atoms with Crippen molar-refractivity contribution in [1.29, 1.82) is 0 Å². The Kier molecular flexibility index (Phi) is 4.76. The normalized spacial score (nSPS) is 16.4. The maximum absolute atomic E-state index is 12.9. The number of carbonyl (C=O) groups is 1. The number of furan rings is 1. The zero-order valence-corrected chi connectivity index (χ0v) is 15.0. The fourth-order valence-corrected chi connectivity index (χ4v) is 3.41. The molecule has 1 aliphatic rings. The second-order valence-corrected chi connectivity index (χ2v) is 6.66. The molecule has 0 bridgehead atoms. The molecule has 24 heavy (non-hydrogen) atoms. The lowest BCUT2D eigenvalue weighted by Gasteiger charge is -2.22. The van der Waals surface area contributed by atoms with Crippen LogP contribution in [0.15, 0.2) is 16.8 Å². The molecule has 1 saturated heterocycles. The topological polar surface area (TPSA) is 54.5 Å². The molecule has 1 fully saturated rings. The maximum atomic E-state index is 12.9. The fraction of sp³-hybridized carbons (Fsp3) is 0.556. The van der Waals surface area contributed by atoms with Gasteiger partial charge in [0.25, 0.3) is 5.91 Å². The first-order valence-corrected chi connectivity index (χ1v) is 8.51. The predicted molar refractivity (Wildman–Crippen MR) is 91.9 cm³/mol. The number of rotatable bonds is 3. The van der Waals surface area contributed by atoms with Crippen LogP contribution in [0.25, 0.3) is 0 Å². The summed E-state index contributed by atoms with van der Waals surface area (Å²) in [5.74, 6) is 1.67. The second-order valence-electron chi connectivity index (χ2n) is 6.66. The van der Waals surface area contributed by atoms with Crippen molar-refractivity contribution in [2.45, 2.75) is 33.7 Å². The first kappa shape index (κ1) is 16.8. The Morgan fingerprint density at radius 1 is 1.17 bits per heavy atom. The highest BCUT2D eigenvalue weighted by Crippen LogP contribution is 2.23. The van der Waals surface area contributed by atoms with E-state index in [1.807, 2.05) is 43.6 Å². The monoisotopic (exact) mass is 330 g/mol. The number of hydrogen-bond acceptors (Lipinski definition) is 4. The van der Waals surface area contributed by atoms with Gasteiger partial charge in [-0.1, -0.05) is 0 Å². The SMILES string of the molecule is Cc1oc(C)c(C(=O)N2CCCN(Cc3cnn(C)c3)CC2)c1C. The van der Waals surface area contributed by atoms with Gasteiger partial charge in [-0.2, -0.15) is 5.10 Å². The number of amides is 1. The van der Waals surface area contributed by atoms with Crippen molar-refractivity contribution in [3.63, 3.8) is 0 Å². The summed E-state index contributed by atoms with van der Waals surface area (Å²) in [5, 5.41) is 4.23. The van der Waals surface area contributed by atoms with Crippen LogP contribution in [0.5, 0.6) is 0 Å². The molecule has 3 rings (SSSR count). The molecule has 130 valence electrons. The molecule has 1 aliphatic heterocycles. The maximum Gasteiger partial charge on any atom is 0.257 e. The molecular weight excluding hydrogens is 304 g/mol. The van der Waals surface area contributed by atoms with Crippen molar-refractivity contribution in [1.82, 2.24) is 19.6 Å². The number of carbonyl (C=O) groups excluding carboxylic acids is 1. The third-order valence-electron chi connectivity index (χ3n) is 4.82. The largest absolute Gasteiger partial charge is 0.466 e. The molecular formula is C18H26N4O2. The highest BCUT2D eigenvalue weighted by molar-refractivity contribution is 5.96. The number of nitrogens with zero attached hydrogens (tertiary/aromatic N) is 4. The molecule has 1 amide bonds. The number of aryl methyl sites for hydroxylation is 3. The molecule has 6 heteroatoms. The molecule has 2 aromatic rings. The molecule has 0 aliphatic carbocycles. The third kappa shape index (κ3) is 3.38. The van der Waals surface area contributed by atoms with Gasteiger partial charge < -0.3 is 9.32 Å². The predicted octanol–water partition coefficient (Wildman–Crippen LogP) is 2.29. The first-order valence-electron chi connectivity index (χ1n) is 8.51. The minimum absolute atomic E-state index is 0.102. The molecule has 0 N–H and O–H groups in total. The Morgan fingerprint density at radius 3 is 2.58 bits per heavy atom. The minimum Gasteiger partial charge on any atom is -0.466 e. The van der Waals surface area contributed by atoms with Crippen LogP contribution in [0.1, 0.15) is 39.4 Å². The van der Waals surface area contributed by atoms with Gasteiger partial charge in [0, 0.05) is 57.1 Å². The Morgan fingerprint density at radius 2 is 1.96 bits per heavy atom. The molecule has 6 nitrogen and oxygen atoms in total. The summed E-state index contributed by atoms with van der Waals surface area (Å²) >= 11 is 0. The molecule has 0 unspecified atom stereocenters. The first-order chi connectivity index (χ1) is 11.5. The summed E-state index contributed by atoms with van der Waals surface area (Å²) in [4.78, 5) is 17.3. The molecule has 3 heterocycles. The summed E-state index contributed by atoms with van der Waals surface area (Å²) in [6.45, 7) is 10.1. The Balaban J connectivity index is 1.65. The summed E-state index contributed by atoms with van der Waals surface area (Å²) in [6, 6.07) is 0. The second kappa shape index (κ2) is 6.81. The van der Waals surface area contributed by atoms with Crippen LogP contribution in [0.2, 0.25) is 0 Å². The van der Waals surface area contributed by atoms with Gasteiger partial charge >= 0.3 is 0 Å². The number of hydrogen-bond donors (Lipinski definition) is 0. The van der Waals surface area contributed by atoms with E-state index in [9.17, 15) is 4.79 Å². The standard InChI is InChI=1S/C18H26N4O2/c1-13-14(2)24-15(3)17(13)18(23)22-7-5-6-21(8-9-22)12-16-10-19-20(4)11-16/h10-11H,5-9,12H2,1-4H3. The summed E-state index contributed by atoms with van der Waals surface area (Å²) in [7, 11) is 1.93. The lowest BCUT2D eigenvalue weighted by Crippen LogP contribution is -2.35. The van der Waals surface area contributed by atoms with Crippen molar-refractivity contribution in [2.75, 3.05) is 26.2 Å². The smallest absolute Gasteiger partial charge is 0.257 e. The van der Waals surface area contributed by atoms with E-state index in [0.717, 1.165) is 61.8 Å². The molecule has 0 aromatic carbocycles. The van der Waals surface area contributed by atoms with Gasteiger partial charge in [-0.15, -0.1) is 0 Å². The minimum atomic E-state index is 0.102. The summed E-state index contributed by atoms with van der Waals surface area (Å²) in [5.41, 5.74) is 2.93. The third-order valence-corrected chi connectivity index (χ3v) is 4.82. The Labute approximate surface area is 143 Å². The Hall–Kier alpha value is -2.08. The van der Waals surface area contributed by atoms with Gasteiger partial charge in [-0.05, 0) is 27.2 Å². The lowest BCUT2D eigenvalue weighted by molar-refractivity contribution is 0.0758. The number of aromatic nitrogens is 2. The zero-order valence-electron chi connectivity index (χ0n) is 15.0. The van der Waals surface area contributed by atoms with Gasteiger partial charge in [-0.25, -0.2) is 0 Å². The van der Waals surface area contributed by atoms with Crippen molar-refractivity contribution in [2.24, 2.45) is 7.05 Å². The quantitative estimate of drug-likeness (QED) is 0.866. The molecule has 0 saturated carbocycles. The highest BCUT2D eigenvalue weighted by Gasteiger charge is 2.25. The van der Waals surface area contributed by atoms with Crippen LogP contribution in [-0.4, -0.2) is 51.7 Å². The van der Waals surface area contributed by atoms with E-state index >= 15 is 0 Å². The van der Waals surface area contributed by atoms with Gasteiger partial charge in [0.1, 0.15) is 11.5 Å². The van der Waals surface area contributed by atoms with E-state index in [-0.39, 0.29) is 5.91 Å². The van der Waals surface area contributed by atoms with E-state index in [2.05, 4.69) is 16.2 Å². The van der Waals surface area contributed by atoms with Gasteiger partial charge in [0.05, 0.1) is 11.8 Å². The van der Waals surface area contributed by atoms with Crippen LogP contribution in [0.4, 0.5) is 0 Å². The highest BCUT2D eigenvalue weighted by atomic mass is 16.3. The van der Waals surface area contributed by atoms with Crippen molar-refractivity contribution < 1.29 is 9.21 Å². The molecule has 0 atom stereocenters. The van der Waals surface area contributed by atoms with E-state index in [1.165, 1.54) is 5.56 Å². The Bertz CT molecular complexity index is 731. The van der Waals surface area contributed by atoms with Crippen molar-refractivity contribution in [3.05, 3.63) is 40.6 Å². The fourth-order valence-electron chi connectivity index (χ4n) is 3.41. The van der Waals surface area contributed by atoms with Crippen LogP contribution >= 0.6 is 0 Å². The zero-order chi connectivity index (χ0) is 17.3. The van der Waals surface area contributed by atoms with Gasteiger partial charge in [0.15, 0.2) is 0 Å². The van der Waals surface area contributed by atoms with E-state index in [4.69, 9.17) is 4.42 Å². The van der Waals surface area contributed by atoms with Crippen LogP contribution in [-0.2, 0) is 13.6 Å². The van der Waals surface area contributed by atoms with E-state index in [1.54, 1.807) is 0 Å². The van der Waals surface area contributed by atoms with Crippen LogP contribution < -0.4 is 0 Å². The summed E-state index contributed by atoms with van der Waals surface area (Å²) < 4.78 is 7.45. The van der Waals surface area contributed by atoms with E-state index < -0.39 is 0 Å². The molecule has 0 spiro atoms. The van der Waals surface area contributed by atoms with Crippen molar-refractivity contribution >= 4 is 5.91 Å². The van der Waals surface area contributed by atoms with Crippen LogP contribution in [0, 0.1) is 20.8 Å². The molecule has 2 aromatic heterocycles. The van der Waals surface area contributed by atoms with E-state index in [0.29, 0.717) is 0 Å². The van der Waals surface area contributed by atoms with Gasteiger partial charge in [0.2, 0.25) is 0 Å². The van der Waals surface area contributed by atoms with Crippen molar-refractivity contribution in [3.8, 4) is 0 Å². The van der Waals surface area contributed by atoms with Crippen LogP contribution in [0.3, 0.4) is 0 Å². The summed E-state index contributed by atoms with van der Waals surface area (Å²) in [6.07, 6.45) is 4.95. The average Bonchev–Trinajstić information content (AvgIpc) is 2.93.